The molecule has 2 heterocycles. The molecule has 0 saturated carbocycles. The topological polar surface area (TPSA) is 88.0 Å². The number of nitrogens with one attached hydrogen (secondary N) is 2. The highest BCUT2D eigenvalue weighted by molar-refractivity contribution is 5.85. The van der Waals surface area contributed by atoms with E-state index in [0.29, 0.717) is 18.3 Å². The zero-order valence-corrected chi connectivity index (χ0v) is 17.9. The number of benzene rings is 1. The predicted octanol–water partition coefficient (Wildman–Crippen LogP) is 2.15. The fraction of sp³-hybridized carbons (Fsp3) is 0.556. The largest absolute Gasteiger partial charge is 0.341 e. The van der Waals surface area contributed by atoms with Gasteiger partial charge in [0.25, 0.3) is 0 Å². The molecule has 1 atom stereocenters. The molecule has 28 heavy (non-hydrogen) atoms. The molecule has 1 unspecified atom stereocenters. The normalized spacial score (nSPS) is 15.3. The summed E-state index contributed by atoms with van der Waals surface area (Å²) < 4.78 is 1.62. The second-order valence-corrected chi connectivity index (χ2v) is 6.68. The Hall–Kier alpha value is -1.90. The quantitative estimate of drug-likeness (QED) is 0.700. The molecule has 156 valence electrons. The Balaban J connectivity index is 0.00000196. The third kappa shape index (κ3) is 5.80. The van der Waals surface area contributed by atoms with E-state index in [1.807, 2.05) is 49.2 Å². The van der Waals surface area contributed by atoms with Gasteiger partial charge in [0.05, 0.1) is 5.69 Å². The van der Waals surface area contributed by atoms with Crippen LogP contribution in [0.1, 0.15) is 26.2 Å². The summed E-state index contributed by atoms with van der Waals surface area (Å²) in [6, 6.07) is 9.33. The third-order valence-electron chi connectivity index (χ3n) is 4.90. The minimum absolute atomic E-state index is 0. The standard InChI is InChI=1S/C18H27N7O.2ClH/c1-3-16(17(26)24-11-9-14(10-12-24)13-19-2)20-18-21-22-23-25(18)15-7-5-4-6-8-15;;/h4-8,14,16,19H,3,9-13H2,1-2H3,(H,20,21,23);2*1H. The van der Waals surface area contributed by atoms with Crippen molar-refractivity contribution in [3.63, 3.8) is 0 Å². The van der Waals surface area contributed by atoms with Crippen LogP contribution in [-0.4, -0.2) is 63.7 Å². The van der Waals surface area contributed by atoms with Crippen LogP contribution in [-0.2, 0) is 4.79 Å². The van der Waals surface area contributed by atoms with Crippen molar-refractivity contribution in [2.75, 3.05) is 32.0 Å². The number of amides is 1. The molecule has 1 aliphatic heterocycles. The lowest BCUT2D eigenvalue weighted by Crippen LogP contribution is -2.47. The van der Waals surface area contributed by atoms with Crippen LogP contribution in [0.15, 0.2) is 30.3 Å². The Kier molecular flexibility index (Phi) is 10.2. The van der Waals surface area contributed by atoms with Crippen molar-refractivity contribution in [3.8, 4) is 5.69 Å². The zero-order chi connectivity index (χ0) is 18.4. The molecule has 1 fully saturated rings. The van der Waals surface area contributed by atoms with Crippen LogP contribution in [0.3, 0.4) is 0 Å². The van der Waals surface area contributed by atoms with Gasteiger partial charge in [-0.25, -0.2) is 0 Å². The number of hydrogen-bond donors (Lipinski definition) is 2. The number of tetrazole rings is 1. The highest BCUT2D eigenvalue weighted by Gasteiger charge is 2.28. The minimum Gasteiger partial charge on any atom is -0.341 e. The Bertz CT molecular complexity index is 705. The summed E-state index contributed by atoms with van der Waals surface area (Å²) in [6.45, 7) is 4.64. The molecule has 2 aromatic rings. The third-order valence-corrected chi connectivity index (χ3v) is 4.90. The number of likely N-dealkylation sites (tertiary alicyclic amines) is 1. The van der Waals surface area contributed by atoms with E-state index in [4.69, 9.17) is 0 Å². The summed E-state index contributed by atoms with van der Waals surface area (Å²) in [7, 11) is 1.98. The second-order valence-electron chi connectivity index (χ2n) is 6.68. The lowest BCUT2D eigenvalue weighted by Gasteiger charge is -2.34. The monoisotopic (exact) mass is 429 g/mol. The number of nitrogens with zero attached hydrogens (tertiary/aromatic N) is 5. The van der Waals surface area contributed by atoms with Gasteiger partial charge in [-0.05, 0) is 61.3 Å². The maximum Gasteiger partial charge on any atom is 0.248 e. The summed E-state index contributed by atoms with van der Waals surface area (Å²) in [5, 5.41) is 18.3. The Labute approximate surface area is 178 Å². The van der Waals surface area contributed by atoms with Crippen molar-refractivity contribution < 1.29 is 4.79 Å². The number of rotatable bonds is 7. The van der Waals surface area contributed by atoms with Crippen molar-refractivity contribution >= 4 is 36.7 Å². The molecular weight excluding hydrogens is 401 g/mol. The van der Waals surface area contributed by atoms with Crippen molar-refractivity contribution in [1.29, 1.82) is 0 Å². The summed E-state index contributed by atoms with van der Waals surface area (Å²) in [5.41, 5.74) is 0.857. The molecule has 3 rings (SSSR count). The first-order valence-corrected chi connectivity index (χ1v) is 9.26. The highest BCUT2D eigenvalue weighted by Crippen LogP contribution is 2.19. The van der Waals surface area contributed by atoms with Crippen molar-refractivity contribution in [1.82, 2.24) is 30.4 Å². The lowest BCUT2D eigenvalue weighted by atomic mass is 9.96. The fourth-order valence-electron chi connectivity index (χ4n) is 3.38. The maximum atomic E-state index is 12.9. The molecule has 0 aliphatic carbocycles. The number of carbonyl (C=O) groups is 1. The number of piperidine rings is 1. The van der Waals surface area contributed by atoms with Crippen LogP contribution < -0.4 is 10.6 Å². The number of halogens is 2. The first-order chi connectivity index (χ1) is 12.7. The minimum atomic E-state index is -0.329. The van der Waals surface area contributed by atoms with E-state index in [0.717, 1.165) is 38.2 Å². The smallest absolute Gasteiger partial charge is 0.248 e. The van der Waals surface area contributed by atoms with Gasteiger partial charge >= 0.3 is 0 Å². The van der Waals surface area contributed by atoms with Crippen LogP contribution in [0.4, 0.5) is 5.95 Å². The second kappa shape index (κ2) is 11.8. The van der Waals surface area contributed by atoms with E-state index >= 15 is 0 Å². The molecular formula is C18H29Cl2N7O. The van der Waals surface area contributed by atoms with Gasteiger partial charge in [0.2, 0.25) is 11.9 Å². The number of carbonyl (C=O) groups excluding carboxylic acids is 1. The Morgan fingerprint density at radius 1 is 1.21 bits per heavy atom. The van der Waals surface area contributed by atoms with E-state index in [9.17, 15) is 4.79 Å². The Morgan fingerprint density at radius 2 is 1.89 bits per heavy atom. The average molecular weight is 430 g/mol. The number of anilines is 1. The SMILES string of the molecule is CCC(Nc1nnnn1-c1ccccc1)C(=O)N1CCC(CNC)CC1.Cl.Cl. The van der Waals surface area contributed by atoms with Gasteiger partial charge in [-0.1, -0.05) is 30.2 Å². The molecule has 0 radical (unpaired) electrons. The van der Waals surface area contributed by atoms with Gasteiger partial charge in [0.15, 0.2) is 0 Å². The molecule has 8 nitrogen and oxygen atoms in total. The molecule has 10 heteroatoms. The summed E-state index contributed by atoms with van der Waals surface area (Å²) in [4.78, 5) is 14.9. The van der Waals surface area contributed by atoms with E-state index in [2.05, 4.69) is 26.2 Å². The van der Waals surface area contributed by atoms with Crippen molar-refractivity contribution in [3.05, 3.63) is 30.3 Å². The first kappa shape index (κ1) is 24.1. The maximum absolute atomic E-state index is 12.9. The zero-order valence-electron chi connectivity index (χ0n) is 16.2. The van der Waals surface area contributed by atoms with Crippen LogP contribution in [0.2, 0.25) is 0 Å². The van der Waals surface area contributed by atoms with Gasteiger partial charge in [-0.2, -0.15) is 4.68 Å². The van der Waals surface area contributed by atoms with Gasteiger partial charge < -0.3 is 15.5 Å². The van der Waals surface area contributed by atoms with Gasteiger partial charge in [0.1, 0.15) is 6.04 Å². The molecule has 2 N–H and O–H groups in total. The molecule has 1 aromatic carbocycles. The van der Waals surface area contributed by atoms with E-state index in [1.54, 1.807) is 4.68 Å². The molecule has 1 aromatic heterocycles. The fourth-order valence-corrected chi connectivity index (χ4v) is 3.38. The molecule has 0 spiro atoms. The van der Waals surface area contributed by atoms with Gasteiger partial charge in [-0.15, -0.1) is 24.8 Å². The predicted molar refractivity (Wildman–Crippen MR) is 115 cm³/mol. The van der Waals surface area contributed by atoms with E-state index in [1.165, 1.54) is 0 Å². The molecule has 1 aliphatic rings. The summed E-state index contributed by atoms with van der Waals surface area (Å²) in [5.74, 6) is 1.27. The lowest BCUT2D eigenvalue weighted by molar-refractivity contribution is -0.133. The number of aromatic nitrogens is 4. The number of hydrogen-bond acceptors (Lipinski definition) is 6. The van der Waals surface area contributed by atoms with Crippen LogP contribution in [0.5, 0.6) is 0 Å². The number of para-hydroxylation sites is 1. The summed E-state index contributed by atoms with van der Waals surface area (Å²) >= 11 is 0. The summed E-state index contributed by atoms with van der Waals surface area (Å²) in [6.07, 6.45) is 2.77. The Morgan fingerprint density at radius 3 is 2.50 bits per heavy atom. The van der Waals surface area contributed by atoms with Crippen LogP contribution >= 0.6 is 24.8 Å². The van der Waals surface area contributed by atoms with Crippen LogP contribution in [0.25, 0.3) is 5.69 Å². The van der Waals surface area contributed by atoms with Gasteiger partial charge in [0, 0.05) is 13.1 Å². The first-order valence-electron chi connectivity index (χ1n) is 9.26. The highest BCUT2D eigenvalue weighted by atomic mass is 35.5. The molecule has 1 amide bonds. The van der Waals surface area contributed by atoms with Gasteiger partial charge in [-0.3, -0.25) is 4.79 Å². The van der Waals surface area contributed by atoms with E-state index in [-0.39, 0.29) is 36.8 Å². The van der Waals surface area contributed by atoms with Crippen molar-refractivity contribution in [2.24, 2.45) is 5.92 Å². The average Bonchev–Trinajstić information content (AvgIpc) is 3.15. The van der Waals surface area contributed by atoms with Crippen molar-refractivity contribution in [2.45, 2.75) is 32.2 Å². The van der Waals surface area contributed by atoms with Crippen LogP contribution in [0, 0.1) is 5.92 Å². The molecule has 1 saturated heterocycles. The molecule has 0 bridgehead atoms. The van der Waals surface area contributed by atoms with E-state index < -0.39 is 0 Å².